The Bertz CT molecular complexity index is 522. The molecule has 0 fully saturated rings. The number of methoxy groups -OCH3 is 1. The Labute approximate surface area is 102 Å². The number of aromatic amines is 1. The average molecular weight is 284 g/mol. The Morgan fingerprint density at radius 1 is 1.38 bits per heavy atom. The molecule has 0 aliphatic heterocycles. The van der Waals surface area contributed by atoms with Crippen molar-refractivity contribution in [3.05, 3.63) is 40.2 Å². The summed E-state index contributed by atoms with van der Waals surface area (Å²) in [6, 6.07) is 4.86. The minimum atomic E-state index is -0.254. The number of benzene rings is 1. The molecule has 0 spiro atoms. The van der Waals surface area contributed by atoms with Gasteiger partial charge in [0.25, 0.3) is 0 Å². The Kier molecular flexibility index (Phi) is 3.01. The smallest absolute Gasteiger partial charge is 0.139 e. The van der Waals surface area contributed by atoms with Gasteiger partial charge in [-0.2, -0.15) is 0 Å². The molecule has 1 N–H and O–H groups in total. The van der Waals surface area contributed by atoms with Crippen molar-refractivity contribution >= 4 is 15.9 Å². The third-order valence-corrected chi connectivity index (χ3v) is 3.00. The molecule has 4 heteroatoms. The van der Waals surface area contributed by atoms with E-state index in [0.29, 0.717) is 5.56 Å². The zero-order chi connectivity index (χ0) is 11.7. The summed E-state index contributed by atoms with van der Waals surface area (Å²) in [4.78, 5) is 3.02. The van der Waals surface area contributed by atoms with Crippen molar-refractivity contribution < 1.29 is 9.13 Å². The summed E-state index contributed by atoms with van der Waals surface area (Å²) >= 11 is 3.33. The van der Waals surface area contributed by atoms with Gasteiger partial charge in [0.2, 0.25) is 0 Å². The van der Waals surface area contributed by atoms with Crippen LogP contribution in [0.5, 0.6) is 5.75 Å². The monoisotopic (exact) mass is 283 g/mol. The minimum Gasteiger partial charge on any atom is -0.495 e. The molecule has 0 aliphatic rings. The first kappa shape index (κ1) is 11.2. The number of H-pyrrole nitrogens is 1. The molecule has 0 unspecified atom stereocenters. The maximum atomic E-state index is 13.7. The molecule has 1 aromatic carbocycles. The normalized spacial score (nSPS) is 10.5. The Morgan fingerprint density at radius 3 is 2.75 bits per heavy atom. The second kappa shape index (κ2) is 4.29. The molecule has 2 nitrogen and oxygen atoms in total. The van der Waals surface area contributed by atoms with E-state index in [0.717, 1.165) is 21.5 Å². The van der Waals surface area contributed by atoms with Crippen LogP contribution in [0.2, 0.25) is 0 Å². The third-order valence-electron chi connectivity index (χ3n) is 2.51. The van der Waals surface area contributed by atoms with Crippen LogP contribution < -0.4 is 4.74 Å². The van der Waals surface area contributed by atoms with Gasteiger partial charge in [0.05, 0.1) is 12.8 Å². The fourth-order valence-electron chi connectivity index (χ4n) is 1.66. The first-order chi connectivity index (χ1) is 7.63. The highest BCUT2D eigenvalue weighted by molar-refractivity contribution is 9.10. The van der Waals surface area contributed by atoms with Crippen molar-refractivity contribution in [2.45, 2.75) is 6.92 Å². The zero-order valence-corrected chi connectivity index (χ0v) is 10.6. The molecule has 0 aliphatic carbocycles. The molecule has 84 valence electrons. The molecule has 2 rings (SSSR count). The molecular formula is C12H11BrFNO. The number of nitrogens with one attached hydrogen (secondary N) is 1. The molecule has 0 bridgehead atoms. The van der Waals surface area contributed by atoms with E-state index in [1.165, 1.54) is 6.07 Å². The van der Waals surface area contributed by atoms with Crippen LogP contribution in [0.1, 0.15) is 5.56 Å². The van der Waals surface area contributed by atoms with Crippen LogP contribution in [0.4, 0.5) is 4.39 Å². The maximum absolute atomic E-state index is 13.7. The summed E-state index contributed by atoms with van der Waals surface area (Å²) in [5.74, 6) is 0.477. The molecule has 1 heterocycles. The van der Waals surface area contributed by atoms with E-state index in [2.05, 4.69) is 20.9 Å². The van der Waals surface area contributed by atoms with Crippen molar-refractivity contribution in [3.8, 4) is 17.0 Å². The molecule has 0 saturated heterocycles. The second-order valence-corrected chi connectivity index (χ2v) is 4.40. The molecule has 0 saturated carbocycles. The molecular weight excluding hydrogens is 273 g/mol. The molecule has 16 heavy (non-hydrogen) atoms. The summed E-state index contributed by atoms with van der Waals surface area (Å²) in [5, 5.41) is 0. The highest BCUT2D eigenvalue weighted by Gasteiger charge is 2.13. The topological polar surface area (TPSA) is 25.0 Å². The fourth-order valence-corrected chi connectivity index (χ4v) is 2.02. The van der Waals surface area contributed by atoms with Crippen LogP contribution in [-0.4, -0.2) is 12.1 Å². The van der Waals surface area contributed by atoms with Gasteiger partial charge in [-0.25, -0.2) is 4.39 Å². The average Bonchev–Trinajstić information content (AvgIpc) is 2.63. The lowest BCUT2D eigenvalue weighted by Gasteiger charge is -2.04. The predicted octanol–water partition coefficient (Wildman–Crippen LogP) is 3.90. The molecule has 2 aromatic rings. The molecule has 0 amide bonds. The van der Waals surface area contributed by atoms with Crippen molar-refractivity contribution in [2.75, 3.05) is 7.11 Å². The summed E-state index contributed by atoms with van der Waals surface area (Å²) in [7, 11) is 1.59. The van der Waals surface area contributed by atoms with Crippen LogP contribution in [0, 0.1) is 12.7 Å². The quantitative estimate of drug-likeness (QED) is 0.888. The van der Waals surface area contributed by atoms with Crippen LogP contribution in [-0.2, 0) is 0 Å². The number of hydrogen-bond donors (Lipinski definition) is 1. The Balaban J connectivity index is 2.58. The van der Waals surface area contributed by atoms with Crippen molar-refractivity contribution in [1.82, 2.24) is 4.98 Å². The lowest BCUT2D eigenvalue weighted by atomic mass is 10.1. The second-order valence-electron chi connectivity index (χ2n) is 3.48. The van der Waals surface area contributed by atoms with Crippen LogP contribution in [0.15, 0.2) is 28.9 Å². The van der Waals surface area contributed by atoms with Gasteiger partial charge < -0.3 is 9.72 Å². The van der Waals surface area contributed by atoms with Crippen molar-refractivity contribution in [1.29, 1.82) is 0 Å². The van der Waals surface area contributed by atoms with Gasteiger partial charge in [-0.15, -0.1) is 0 Å². The van der Waals surface area contributed by atoms with Gasteiger partial charge in [-0.1, -0.05) is 15.9 Å². The SMILES string of the molecule is COc1c[nH]c(-c2cc(Br)ccc2F)c1C. The number of aromatic nitrogens is 1. The maximum Gasteiger partial charge on any atom is 0.139 e. The highest BCUT2D eigenvalue weighted by Crippen LogP contribution is 2.32. The Hall–Kier alpha value is -1.29. The van der Waals surface area contributed by atoms with E-state index < -0.39 is 0 Å². The number of hydrogen-bond acceptors (Lipinski definition) is 1. The van der Waals surface area contributed by atoms with Gasteiger partial charge >= 0.3 is 0 Å². The highest BCUT2D eigenvalue weighted by atomic mass is 79.9. The minimum absolute atomic E-state index is 0.254. The zero-order valence-electron chi connectivity index (χ0n) is 8.97. The number of ether oxygens (including phenoxy) is 1. The molecule has 0 radical (unpaired) electrons. The lowest BCUT2D eigenvalue weighted by molar-refractivity contribution is 0.412. The number of halogens is 2. The summed E-state index contributed by atoms with van der Waals surface area (Å²) in [6.45, 7) is 1.89. The fraction of sp³-hybridized carbons (Fsp3) is 0.167. The van der Waals surface area contributed by atoms with E-state index in [4.69, 9.17) is 4.74 Å². The van der Waals surface area contributed by atoms with Crippen LogP contribution in [0.25, 0.3) is 11.3 Å². The van der Waals surface area contributed by atoms with E-state index in [9.17, 15) is 4.39 Å². The van der Waals surface area contributed by atoms with Gasteiger partial charge in [-0.05, 0) is 25.1 Å². The van der Waals surface area contributed by atoms with Crippen LogP contribution >= 0.6 is 15.9 Å². The molecule has 0 atom stereocenters. The van der Waals surface area contributed by atoms with Gasteiger partial charge in [-0.3, -0.25) is 0 Å². The van der Waals surface area contributed by atoms with Crippen molar-refractivity contribution in [2.24, 2.45) is 0 Å². The summed E-state index contributed by atoms with van der Waals surface area (Å²) in [6.07, 6.45) is 1.73. The van der Waals surface area contributed by atoms with E-state index in [1.807, 2.05) is 6.92 Å². The van der Waals surface area contributed by atoms with Crippen molar-refractivity contribution in [3.63, 3.8) is 0 Å². The van der Waals surface area contributed by atoms with E-state index in [-0.39, 0.29) is 5.82 Å². The number of rotatable bonds is 2. The standard InChI is InChI=1S/C12H11BrFNO/c1-7-11(16-2)6-15-12(7)9-5-8(13)3-4-10(9)14/h3-6,15H,1-2H3. The molecule has 1 aromatic heterocycles. The first-order valence-corrected chi connectivity index (χ1v) is 5.60. The van der Waals surface area contributed by atoms with Crippen LogP contribution in [0.3, 0.4) is 0 Å². The predicted molar refractivity (Wildman–Crippen MR) is 65.2 cm³/mol. The van der Waals surface area contributed by atoms with Gasteiger partial charge in [0.1, 0.15) is 11.6 Å². The summed E-state index contributed by atoms with van der Waals surface area (Å²) in [5.41, 5.74) is 2.19. The first-order valence-electron chi connectivity index (χ1n) is 4.81. The largest absolute Gasteiger partial charge is 0.495 e. The van der Waals surface area contributed by atoms with Gasteiger partial charge in [0.15, 0.2) is 0 Å². The van der Waals surface area contributed by atoms with Gasteiger partial charge in [0, 0.05) is 21.8 Å². The lowest BCUT2D eigenvalue weighted by Crippen LogP contribution is -1.87. The third kappa shape index (κ3) is 1.85. The summed E-state index contributed by atoms with van der Waals surface area (Å²) < 4.78 is 19.7. The Morgan fingerprint density at radius 2 is 2.12 bits per heavy atom. The van der Waals surface area contributed by atoms with E-state index in [1.54, 1.807) is 25.4 Å². The van der Waals surface area contributed by atoms with E-state index >= 15 is 0 Å².